The van der Waals surface area contributed by atoms with Gasteiger partial charge in [-0.05, 0) is 31.4 Å². The Labute approximate surface area is 296 Å². The van der Waals surface area contributed by atoms with Crippen LogP contribution in [0.25, 0.3) is 11.1 Å². The van der Waals surface area contributed by atoms with Crippen molar-refractivity contribution in [1.82, 2.24) is 9.88 Å². The lowest BCUT2D eigenvalue weighted by atomic mass is 9.68. The molecule has 1 aliphatic rings. The minimum Gasteiger partial charge on any atom is -0.337 e. The van der Waals surface area contributed by atoms with Crippen LogP contribution < -0.4 is 5.32 Å². The number of likely N-dealkylation sites (tertiary alicyclic amines) is 1. The van der Waals surface area contributed by atoms with Crippen molar-refractivity contribution >= 4 is 28.8 Å². The first kappa shape index (κ1) is 42.6. The van der Waals surface area contributed by atoms with Gasteiger partial charge in [0.1, 0.15) is 5.69 Å². The molecule has 5 nitrogen and oxygen atoms in total. The van der Waals surface area contributed by atoms with Crippen LogP contribution in [0.5, 0.6) is 0 Å². The van der Waals surface area contributed by atoms with Gasteiger partial charge in [0.25, 0.3) is 11.8 Å². The second-order valence-corrected chi connectivity index (χ2v) is 12.9. The molecule has 0 spiro atoms. The molecule has 1 unspecified atom stereocenters. The zero-order valence-electron chi connectivity index (χ0n) is 26.6. The number of halogens is 17. The zero-order valence-corrected chi connectivity index (χ0v) is 27.5. The second kappa shape index (κ2) is 13.8. The third kappa shape index (κ3) is 6.73. The Morgan fingerprint density at radius 3 is 1.70 bits per heavy atom. The van der Waals surface area contributed by atoms with Gasteiger partial charge in [0.15, 0.2) is 0 Å². The van der Waals surface area contributed by atoms with E-state index < -0.39 is 96.2 Å². The maximum Gasteiger partial charge on any atom is 0.435 e. The van der Waals surface area contributed by atoms with E-state index in [4.69, 9.17) is 0 Å². The second-order valence-electron chi connectivity index (χ2n) is 12.1. The fraction of sp³-hybridized carbons (Fsp3) is 0.452. The van der Waals surface area contributed by atoms with Gasteiger partial charge in [-0.25, -0.2) is 18.2 Å². The summed E-state index contributed by atoms with van der Waals surface area (Å²) in [7, 11) is 0. The van der Waals surface area contributed by atoms with Crippen molar-refractivity contribution in [3.8, 4) is 11.1 Å². The van der Waals surface area contributed by atoms with Crippen LogP contribution in [0.1, 0.15) is 39.8 Å². The molecule has 1 fully saturated rings. The molecule has 3 aromatic rings. The summed E-state index contributed by atoms with van der Waals surface area (Å²) >= 11 is 0.782. The number of hydrogen-bond donors (Lipinski definition) is 1. The van der Waals surface area contributed by atoms with E-state index in [0.717, 1.165) is 22.5 Å². The fourth-order valence-corrected chi connectivity index (χ4v) is 6.82. The van der Waals surface area contributed by atoms with Gasteiger partial charge in [0.05, 0.1) is 5.01 Å². The fourth-order valence-electron chi connectivity index (χ4n) is 5.85. The van der Waals surface area contributed by atoms with Crippen LogP contribution in [0.15, 0.2) is 53.9 Å². The molecule has 54 heavy (non-hydrogen) atoms. The van der Waals surface area contributed by atoms with Gasteiger partial charge < -0.3 is 10.2 Å². The molecule has 1 saturated heterocycles. The Balaban J connectivity index is 1.58. The normalized spacial score (nSPS) is 17.0. The Morgan fingerprint density at radius 1 is 0.722 bits per heavy atom. The number of amides is 2. The quantitative estimate of drug-likeness (QED) is 0.230. The number of carbonyl (C=O) groups excluding carboxylic acids is 2. The maximum absolute atomic E-state index is 15.2. The van der Waals surface area contributed by atoms with E-state index in [-0.39, 0.29) is 10.7 Å². The van der Waals surface area contributed by atoms with Crippen molar-refractivity contribution in [2.24, 2.45) is 5.41 Å². The average molecular weight is 824 g/mol. The van der Waals surface area contributed by atoms with Crippen molar-refractivity contribution in [2.75, 3.05) is 18.4 Å². The highest BCUT2D eigenvalue weighted by Gasteiger charge is 3.02. The third-order valence-electron chi connectivity index (χ3n) is 8.69. The average Bonchev–Trinajstić information content (AvgIpc) is 3.53. The summed E-state index contributed by atoms with van der Waals surface area (Å²) < 4.78 is 236. The molecule has 1 aromatic heterocycles. The number of nitrogens with zero attached hydrogens (tertiary/aromatic N) is 2. The minimum absolute atomic E-state index is 0.0396. The Hall–Kier alpha value is -4.18. The first-order valence-corrected chi connectivity index (χ1v) is 15.8. The number of carbonyl (C=O) groups is 2. The van der Waals surface area contributed by atoms with E-state index in [1.165, 1.54) is 5.38 Å². The van der Waals surface area contributed by atoms with Crippen molar-refractivity contribution < 1.29 is 84.2 Å². The summed E-state index contributed by atoms with van der Waals surface area (Å²) in [4.78, 5) is 29.0. The summed E-state index contributed by atoms with van der Waals surface area (Å²) in [6.45, 7) is -0.634. The monoisotopic (exact) mass is 823 g/mol. The molecule has 1 atom stereocenters. The molecular weight excluding hydrogens is 801 g/mol. The van der Waals surface area contributed by atoms with E-state index in [1.54, 1.807) is 36.4 Å². The van der Waals surface area contributed by atoms with Gasteiger partial charge in [-0.3, -0.25) is 9.59 Å². The summed E-state index contributed by atoms with van der Waals surface area (Å²) in [5.74, 6) is -22.4. The SMILES string of the molecule is Cc1ccc(-c2ccccc2NC(=O)c2csc(C3CCN(C(=O)C(F)(F)C(F)(C(F)(F)F)C(F)(F)C(C(F)(F)F)(C(F)(F)F)C(F)(F)F)CC3)n2)cc1. The van der Waals surface area contributed by atoms with E-state index >= 15 is 13.2 Å². The number of benzene rings is 2. The third-order valence-corrected chi connectivity index (χ3v) is 9.70. The molecule has 298 valence electrons. The molecule has 0 aliphatic carbocycles. The van der Waals surface area contributed by atoms with Crippen molar-refractivity contribution in [3.63, 3.8) is 0 Å². The Morgan fingerprint density at radius 2 is 1.22 bits per heavy atom. The predicted octanol–water partition coefficient (Wildman–Crippen LogP) is 10.3. The van der Waals surface area contributed by atoms with Crippen molar-refractivity contribution in [1.29, 1.82) is 0 Å². The van der Waals surface area contributed by atoms with Crippen molar-refractivity contribution in [3.05, 3.63) is 70.2 Å². The molecular formula is C31H22F17N3O2S. The smallest absolute Gasteiger partial charge is 0.337 e. The van der Waals surface area contributed by atoms with Crippen molar-refractivity contribution in [2.45, 2.75) is 67.9 Å². The van der Waals surface area contributed by atoms with Gasteiger partial charge in [0.2, 0.25) is 0 Å². The first-order valence-electron chi connectivity index (χ1n) is 14.9. The molecule has 0 saturated carbocycles. The summed E-state index contributed by atoms with van der Waals surface area (Å²) in [6.07, 6.45) is -35.5. The molecule has 4 rings (SSSR count). The highest BCUT2D eigenvalue weighted by molar-refractivity contribution is 7.10. The van der Waals surface area contributed by atoms with Crippen LogP contribution in [0.2, 0.25) is 0 Å². The lowest BCUT2D eigenvalue weighted by molar-refractivity contribution is -0.509. The lowest BCUT2D eigenvalue weighted by Gasteiger charge is -2.50. The van der Waals surface area contributed by atoms with Crippen LogP contribution >= 0.6 is 11.3 Å². The van der Waals surface area contributed by atoms with Gasteiger partial charge >= 0.3 is 47.6 Å². The number of thiazole rings is 1. The van der Waals surface area contributed by atoms with E-state index in [9.17, 15) is 71.1 Å². The predicted molar refractivity (Wildman–Crippen MR) is 156 cm³/mol. The minimum atomic E-state index is -9.21. The largest absolute Gasteiger partial charge is 0.435 e. The number of anilines is 1. The number of nitrogens with one attached hydrogen (secondary N) is 1. The molecule has 1 N–H and O–H groups in total. The topological polar surface area (TPSA) is 62.3 Å². The molecule has 2 heterocycles. The summed E-state index contributed by atoms with van der Waals surface area (Å²) in [6, 6.07) is 13.8. The van der Waals surface area contributed by atoms with Gasteiger partial charge in [0, 0.05) is 35.6 Å². The van der Waals surface area contributed by atoms with E-state index in [2.05, 4.69) is 10.3 Å². The standard InChI is InChI=1S/C31H22F17N3O2S/c1-15-6-8-16(9-7-15)18-4-2-3-5-19(18)49-21(52)20-14-54-22(50-20)17-10-12-51(13-11-17)23(53)24(32,33)26(34,31(46,47)48)27(35,36)25(28(37,38)39,29(40,41)42)30(43,44)45/h2-9,14,17H,10-13H2,1H3,(H,49,52). The number of aromatic nitrogens is 1. The molecule has 23 heteroatoms. The van der Waals surface area contributed by atoms with Gasteiger partial charge in [-0.2, -0.15) is 61.5 Å². The van der Waals surface area contributed by atoms with Crippen LogP contribution in [-0.4, -0.2) is 77.0 Å². The molecule has 0 bridgehead atoms. The first-order chi connectivity index (χ1) is 24.5. The number of rotatable bonds is 8. The number of para-hydroxylation sites is 1. The van der Waals surface area contributed by atoms with E-state index in [0.29, 0.717) is 11.3 Å². The Kier molecular flexibility index (Phi) is 10.9. The van der Waals surface area contributed by atoms with Crippen LogP contribution in [0, 0.1) is 12.3 Å². The van der Waals surface area contributed by atoms with Crippen LogP contribution in [0.3, 0.4) is 0 Å². The number of piperidine rings is 1. The lowest BCUT2D eigenvalue weighted by Crippen LogP contribution is -2.81. The highest BCUT2D eigenvalue weighted by Crippen LogP contribution is 2.72. The van der Waals surface area contributed by atoms with Crippen LogP contribution in [0.4, 0.5) is 80.3 Å². The van der Waals surface area contributed by atoms with Crippen LogP contribution in [-0.2, 0) is 4.79 Å². The highest BCUT2D eigenvalue weighted by atomic mass is 32.1. The van der Waals surface area contributed by atoms with Gasteiger partial charge in [-0.1, -0.05) is 48.0 Å². The Bertz CT molecular complexity index is 1800. The number of hydrogen-bond acceptors (Lipinski definition) is 4. The number of aryl methyl sites for hydroxylation is 1. The van der Waals surface area contributed by atoms with E-state index in [1.807, 2.05) is 19.1 Å². The number of alkyl halides is 17. The van der Waals surface area contributed by atoms with Gasteiger partial charge in [-0.15, -0.1) is 11.3 Å². The summed E-state index contributed by atoms with van der Waals surface area (Å²) in [5.41, 5.74) is -15.4. The zero-order chi connectivity index (χ0) is 41.1. The molecule has 0 radical (unpaired) electrons. The molecule has 1 aliphatic heterocycles. The molecule has 2 aromatic carbocycles. The maximum atomic E-state index is 15.2. The molecule has 2 amide bonds. The summed E-state index contributed by atoms with van der Waals surface area (Å²) in [5, 5.41) is 3.90.